The molecule has 27 heavy (non-hydrogen) atoms. The minimum Gasteiger partial charge on any atom is -0.481 e. The lowest BCUT2D eigenvalue weighted by atomic mass is 9.67. The Morgan fingerprint density at radius 1 is 0.741 bits per heavy atom. The van der Waals surface area contributed by atoms with Crippen molar-refractivity contribution >= 4 is 11.9 Å². The summed E-state index contributed by atoms with van der Waals surface area (Å²) < 4.78 is 0. The van der Waals surface area contributed by atoms with Crippen molar-refractivity contribution in [3.63, 3.8) is 0 Å². The van der Waals surface area contributed by atoms with Crippen LogP contribution in [0.15, 0.2) is 0 Å². The van der Waals surface area contributed by atoms with E-state index in [1.807, 2.05) is 6.92 Å². The molecule has 0 heterocycles. The monoisotopic (exact) mass is 384 g/mol. The molecule has 0 aliphatic heterocycles. The topological polar surface area (TPSA) is 74.6 Å². The molecule has 160 valence electrons. The Balaban J connectivity index is 4.77. The van der Waals surface area contributed by atoms with Crippen LogP contribution in [0.3, 0.4) is 0 Å². The van der Waals surface area contributed by atoms with Gasteiger partial charge >= 0.3 is 11.9 Å². The second kappa shape index (κ2) is 15.9. The molecule has 4 heteroatoms. The van der Waals surface area contributed by atoms with E-state index in [9.17, 15) is 14.7 Å². The van der Waals surface area contributed by atoms with E-state index in [4.69, 9.17) is 5.11 Å². The highest BCUT2D eigenvalue weighted by Crippen LogP contribution is 2.42. The van der Waals surface area contributed by atoms with Crippen LogP contribution in [0.1, 0.15) is 124 Å². The molecule has 1 unspecified atom stereocenters. The molecular formula is C23H44O4. The predicted molar refractivity (Wildman–Crippen MR) is 112 cm³/mol. The summed E-state index contributed by atoms with van der Waals surface area (Å²) in [5, 5.41) is 19.1. The fourth-order valence-electron chi connectivity index (χ4n) is 4.10. The molecule has 0 saturated carbocycles. The average Bonchev–Trinajstić information content (AvgIpc) is 2.63. The van der Waals surface area contributed by atoms with Crippen LogP contribution in [0.2, 0.25) is 0 Å². The summed E-state index contributed by atoms with van der Waals surface area (Å²) in [4.78, 5) is 23.3. The van der Waals surface area contributed by atoms with Gasteiger partial charge in [0, 0.05) is 6.42 Å². The van der Waals surface area contributed by atoms with Gasteiger partial charge in [-0.3, -0.25) is 9.59 Å². The summed E-state index contributed by atoms with van der Waals surface area (Å²) in [5.41, 5.74) is -0.759. The van der Waals surface area contributed by atoms with Gasteiger partial charge in [-0.25, -0.2) is 0 Å². The van der Waals surface area contributed by atoms with Gasteiger partial charge in [-0.05, 0) is 25.2 Å². The molecule has 1 atom stereocenters. The molecule has 4 nitrogen and oxygen atoms in total. The first-order chi connectivity index (χ1) is 12.9. The van der Waals surface area contributed by atoms with Crippen LogP contribution in [0.4, 0.5) is 0 Å². The zero-order valence-electron chi connectivity index (χ0n) is 18.1. The van der Waals surface area contributed by atoms with Gasteiger partial charge in [-0.1, -0.05) is 97.8 Å². The second-order valence-corrected chi connectivity index (χ2v) is 8.33. The largest absolute Gasteiger partial charge is 0.481 e. The number of hydrogen-bond donors (Lipinski definition) is 2. The molecule has 0 aliphatic carbocycles. The molecule has 2 N–H and O–H groups in total. The summed E-state index contributed by atoms with van der Waals surface area (Å²) in [6, 6.07) is 0. The number of aliphatic carboxylic acids is 2. The normalized spacial score (nSPS) is 12.9. The summed E-state index contributed by atoms with van der Waals surface area (Å²) in [5.74, 6) is -1.65. The molecule has 0 aromatic rings. The van der Waals surface area contributed by atoms with Gasteiger partial charge in [0.2, 0.25) is 0 Å². The minimum absolute atomic E-state index is 0.0587. The van der Waals surface area contributed by atoms with Crippen molar-refractivity contribution in [1.82, 2.24) is 0 Å². The van der Waals surface area contributed by atoms with Gasteiger partial charge in [0.15, 0.2) is 0 Å². The standard InChI is InChI=1S/C23H44O4/c1-4-6-8-10-12-14-18-23(22(26)27,20(3)16-17-21(24)25)19-15-13-11-9-7-5-2/h20H,4-19H2,1-3H3,(H,24,25)(H,26,27). The highest BCUT2D eigenvalue weighted by Gasteiger charge is 2.42. The summed E-state index contributed by atoms with van der Waals surface area (Å²) >= 11 is 0. The third-order valence-electron chi connectivity index (χ3n) is 6.11. The lowest BCUT2D eigenvalue weighted by Gasteiger charge is -2.36. The van der Waals surface area contributed by atoms with E-state index >= 15 is 0 Å². The Morgan fingerprint density at radius 2 is 1.15 bits per heavy atom. The van der Waals surface area contributed by atoms with E-state index in [1.165, 1.54) is 51.4 Å². The van der Waals surface area contributed by atoms with E-state index in [0.29, 0.717) is 19.3 Å². The summed E-state index contributed by atoms with van der Waals surface area (Å²) in [6.45, 7) is 6.34. The van der Waals surface area contributed by atoms with Crippen molar-refractivity contribution in [3.05, 3.63) is 0 Å². The molecule has 0 rings (SSSR count). The Hall–Kier alpha value is -1.06. The van der Waals surface area contributed by atoms with Crippen molar-refractivity contribution in [2.24, 2.45) is 11.3 Å². The maximum atomic E-state index is 12.3. The van der Waals surface area contributed by atoms with Crippen LogP contribution in [0.5, 0.6) is 0 Å². The molecule has 0 fully saturated rings. The van der Waals surface area contributed by atoms with E-state index in [0.717, 1.165) is 25.7 Å². The molecule has 0 saturated heterocycles. The molecule has 0 amide bonds. The first kappa shape index (κ1) is 25.9. The van der Waals surface area contributed by atoms with Crippen LogP contribution in [-0.4, -0.2) is 22.2 Å². The van der Waals surface area contributed by atoms with Gasteiger partial charge in [-0.15, -0.1) is 0 Å². The smallest absolute Gasteiger partial charge is 0.309 e. The minimum atomic E-state index is -0.833. The maximum absolute atomic E-state index is 12.3. The van der Waals surface area contributed by atoms with E-state index in [-0.39, 0.29) is 12.3 Å². The van der Waals surface area contributed by atoms with Crippen LogP contribution < -0.4 is 0 Å². The van der Waals surface area contributed by atoms with Crippen molar-refractivity contribution in [2.45, 2.75) is 124 Å². The van der Waals surface area contributed by atoms with Crippen molar-refractivity contribution in [3.8, 4) is 0 Å². The zero-order valence-corrected chi connectivity index (χ0v) is 18.1. The van der Waals surface area contributed by atoms with Gasteiger partial charge in [0.25, 0.3) is 0 Å². The third kappa shape index (κ3) is 11.4. The predicted octanol–water partition coefficient (Wildman–Crippen LogP) is 7.06. The molecule has 0 aliphatic rings. The molecule has 0 aromatic heterocycles. The Bertz CT molecular complexity index is 376. The zero-order chi connectivity index (χ0) is 20.5. The first-order valence-corrected chi connectivity index (χ1v) is 11.4. The van der Waals surface area contributed by atoms with Crippen molar-refractivity contribution in [1.29, 1.82) is 0 Å². The number of rotatable bonds is 19. The average molecular weight is 385 g/mol. The van der Waals surface area contributed by atoms with Crippen LogP contribution >= 0.6 is 0 Å². The Labute approximate surface area is 167 Å². The maximum Gasteiger partial charge on any atom is 0.309 e. The molecule has 0 radical (unpaired) electrons. The number of carboxylic acids is 2. The van der Waals surface area contributed by atoms with Gasteiger partial charge in [-0.2, -0.15) is 0 Å². The van der Waals surface area contributed by atoms with E-state index in [2.05, 4.69) is 13.8 Å². The lowest BCUT2D eigenvalue weighted by Crippen LogP contribution is -2.38. The fraction of sp³-hybridized carbons (Fsp3) is 0.913. The molecular weight excluding hydrogens is 340 g/mol. The highest BCUT2D eigenvalue weighted by atomic mass is 16.4. The van der Waals surface area contributed by atoms with Crippen molar-refractivity contribution < 1.29 is 19.8 Å². The van der Waals surface area contributed by atoms with Gasteiger partial charge in [0.1, 0.15) is 0 Å². The fourth-order valence-corrected chi connectivity index (χ4v) is 4.10. The van der Waals surface area contributed by atoms with Crippen LogP contribution in [-0.2, 0) is 9.59 Å². The second-order valence-electron chi connectivity index (χ2n) is 8.33. The number of unbranched alkanes of at least 4 members (excludes halogenated alkanes) is 10. The number of carboxylic acid groups (broad SMARTS) is 2. The third-order valence-corrected chi connectivity index (χ3v) is 6.11. The molecule has 0 aromatic carbocycles. The SMILES string of the molecule is CCCCCCCCC(CCCCCCCC)(C(=O)O)C(C)CCC(=O)O. The van der Waals surface area contributed by atoms with E-state index in [1.54, 1.807) is 0 Å². The quantitative estimate of drug-likeness (QED) is 0.234. The molecule has 0 bridgehead atoms. The van der Waals surface area contributed by atoms with Crippen LogP contribution in [0.25, 0.3) is 0 Å². The first-order valence-electron chi connectivity index (χ1n) is 11.4. The van der Waals surface area contributed by atoms with E-state index < -0.39 is 17.4 Å². The number of hydrogen-bond acceptors (Lipinski definition) is 2. The Morgan fingerprint density at radius 3 is 1.52 bits per heavy atom. The van der Waals surface area contributed by atoms with Crippen LogP contribution in [0, 0.1) is 11.3 Å². The van der Waals surface area contributed by atoms with Gasteiger partial charge < -0.3 is 10.2 Å². The highest BCUT2D eigenvalue weighted by molar-refractivity contribution is 5.75. The summed E-state index contributed by atoms with van der Waals surface area (Å²) in [6.07, 6.45) is 15.6. The molecule has 0 spiro atoms. The van der Waals surface area contributed by atoms with Crippen molar-refractivity contribution in [2.75, 3.05) is 0 Å². The number of carbonyl (C=O) groups is 2. The summed E-state index contributed by atoms with van der Waals surface area (Å²) in [7, 11) is 0. The lowest BCUT2D eigenvalue weighted by molar-refractivity contribution is -0.155. The Kier molecular flexibility index (Phi) is 15.3. The van der Waals surface area contributed by atoms with Gasteiger partial charge in [0.05, 0.1) is 5.41 Å².